The molecule has 2 aliphatic rings. The van der Waals surface area contributed by atoms with Gasteiger partial charge in [-0.1, -0.05) is 6.08 Å². The van der Waals surface area contributed by atoms with Crippen LogP contribution in [0.4, 0.5) is 5.69 Å². The number of amides is 1. The first-order valence-corrected chi connectivity index (χ1v) is 10.3. The first-order chi connectivity index (χ1) is 13.7. The first kappa shape index (κ1) is 21.1. The minimum absolute atomic E-state index is 0.0703. The third-order valence-electron chi connectivity index (χ3n) is 5.72. The second-order valence-corrected chi connectivity index (χ2v) is 8.75. The van der Waals surface area contributed by atoms with E-state index in [-0.39, 0.29) is 17.0 Å². The van der Waals surface area contributed by atoms with Crippen LogP contribution in [0.15, 0.2) is 23.8 Å². The molecule has 5 nitrogen and oxygen atoms in total. The van der Waals surface area contributed by atoms with Crippen LogP contribution in [-0.2, 0) is 9.53 Å². The second kappa shape index (κ2) is 8.04. The Kier molecular flexibility index (Phi) is 5.86. The van der Waals surface area contributed by atoms with Gasteiger partial charge in [-0.3, -0.25) is 4.79 Å². The molecule has 1 saturated heterocycles. The average molecular weight is 394 g/mol. The molecule has 1 aromatic carbocycles. The first-order valence-electron chi connectivity index (χ1n) is 10.3. The van der Waals surface area contributed by atoms with Gasteiger partial charge in [0.2, 0.25) is 0 Å². The number of nitriles is 1. The molecule has 1 amide bonds. The van der Waals surface area contributed by atoms with E-state index in [1.807, 2.05) is 6.92 Å². The summed E-state index contributed by atoms with van der Waals surface area (Å²) in [5.74, 6) is -0.217. The lowest BCUT2D eigenvalue weighted by molar-refractivity contribution is -0.130. The lowest BCUT2D eigenvalue weighted by Gasteiger charge is -2.46. The molecule has 1 aromatic rings. The number of hydrogen-bond donors (Lipinski definition) is 0. The van der Waals surface area contributed by atoms with Crippen molar-refractivity contribution < 1.29 is 9.53 Å². The molecule has 0 saturated carbocycles. The van der Waals surface area contributed by atoms with Gasteiger partial charge in [0.05, 0.1) is 18.8 Å². The number of allylic oxidation sites excluding steroid dienone is 1. The predicted octanol–water partition coefficient (Wildman–Crippen LogP) is 4.17. The number of carbonyl (C=O) groups is 1. The van der Waals surface area contributed by atoms with E-state index >= 15 is 0 Å². The van der Waals surface area contributed by atoms with E-state index < -0.39 is 0 Å². The smallest absolute Gasteiger partial charge is 0.264 e. The van der Waals surface area contributed by atoms with Gasteiger partial charge in [-0.25, -0.2) is 0 Å². The van der Waals surface area contributed by atoms with Crippen molar-refractivity contribution in [3.8, 4) is 6.07 Å². The number of carbonyl (C=O) groups excluding carboxylic acids is 1. The number of aryl methyl sites for hydroxylation is 1. The normalized spacial score (nSPS) is 19.0. The molecule has 29 heavy (non-hydrogen) atoms. The predicted molar refractivity (Wildman–Crippen MR) is 118 cm³/mol. The molecule has 0 atom stereocenters. The molecular formula is C24H31N3O2. The summed E-state index contributed by atoms with van der Waals surface area (Å²) in [6, 6.07) is 6.77. The summed E-state index contributed by atoms with van der Waals surface area (Å²) in [4.78, 5) is 16.9. The molecule has 3 rings (SSSR count). The molecule has 2 aliphatic heterocycles. The summed E-state index contributed by atoms with van der Waals surface area (Å²) in [6.45, 7) is 15.2. The van der Waals surface area contributed by atoms with Crippen molar-refractivity contribution in [1.29, 1.82) is 5.26 Å². The lowest BCUT2D eigenvalue weighted by atomic mass is 9.85. The highest BCUT2D eigenvalue weighted by molar-refractivity contribution is 6.02. The second-order valence-electron chi connectivity index (χ2n) is 8.75. The van der Waals surface area contributed by atoms with Crippen molar-refractivity contribution in [1.82, 2.24) is 4.90 Å². The van der Waals surface area contributed by atoms with Crippen LogP contribution in [-0.4, -0.2) is 48.7 Å². The van der Waals surface area contributed by atoms with E-state index in [0.717, 1.165) is 16.7 Å². The Morgan fingerprint density at radius 2 is 1.90 bits per heavy atom. The molecular weight excluding hydrogens is 362 g/mol. The zero-order chi connectivity index (χ0) is 21.3. The number of anilines is 1. The van der Waals surface area contributed by atoms with Crippen molar-refractivity contribution in [3.63, 3.8) is 0 Å². The number of rotatable bonds is 3. The van der Waals surface area contributed by atoms with Crippen LogP contribution in [0.5, 0.6) is 0 Å². The van der Waals surface area contributed by atoms with Crippen LogP contribution in [0.3, 0.4) is 0 Å². The topological polar surface area (TPSA) is 56.6 Å². The van der Waals surface area contributed by atoms with Crippen LogP contribution in [0.1, 0.15) is 51.3 Å². The highest BCUT2D eigenvalue weighted by atomic mass is 16.5. The van der Waals surface area contributed by atoms with E-state index in [1.54, 1.807) is 11.0 Å². The number of nitrogens with zero attached hydrogens (tertiary/aromatic N) is 3. The Hall–Kier alpha value is -2.58. The molecule has 0 N–H and O–H groups in total. The summed E-state index contributed by atoms with van der Waals surface area (Å²) in [6.07, 6.45) is 4.03. The van der Waals surface area contributed by atoms with E-state index in [9.17, 15) is 10.1 Å². The minimum atomic E-state index is -0.217. The van der Waals surface area contributed by atoms with Crippen molar-refractivity contribution in [2.24, 2.45) is 0 Å². The number of fused-ring (bicyclic) bond motifs is 1. The summed E-state index contributed by atoms with van der Waals surface area (Å²) in [5, 5.41) is 9.64. The SMILES string of the molecule is CC1=CC(C)(C)N(C(C)C)c2cc(C)c(/C=C(/C#N)C(=O)N3CCOCC3)cc21. The Morgan fingerprint density at radius 3 is 2.48 bits per heavy atom. The maximum atomic E-state index is 12.8. The van der Waals surface area contributed by atoms with Gasteiger partial charge in [0.1, 0.15) is 11.6 Å². The van der Waals surface area contributed by atoms with E-state index in [4.69, 9.17) is 4.74 Å². The molecule has 1 fully saturated rings. The van der Waals surface area contributed by atoms with Crippen molar-refractivity contribution in [2.45, 2.75) is 53.1 Å². The van der Waals surface area contributed by atoms with Crippen LogP contribution >= 0.6 is 0 Å². The maximum Gasteiger partial charge on any atom is 0.264 e. The average Bonchev–Trinajstić information content (AvgIpc) is 2.66. The molecule has 154 valence electrons. The molecule has 0 aromatic heterocycles. The number of hydrogen-bond acceptors (Lipinski definition) is 4. The Morgan fingerprint density at radius 1 is 1.24 bits per heavy atom. The molecule has 0 spiro atoms. The highest BCUT2D eigenvalue weighted by Crippen LogP contribution is 2.41. The summed E-state index contributed by atoms with van der Waals surface area (Å²) in [5.41, 5.74) is 5.66. The van der Waals surface area contributed by atoms with Crippen LogP contribution < -0.4 is 4.90 Å². The maximum absolute atomic E-state index is 12.8. The zero-order valence-corrected chi connectivity index (χ0v) is 18.4. The Bertz CT molecular complexity index is 913. The van der Waals surface area contributed by atoms with Gasteiger partial charge in [-0.2, -0.15) is 5.26 Å². The number of ether oxygens (including phenoxy) is 1. The third kappa shape index (κ3) is 4.09. The van der Waals surface area contributed by atoms with Crippen LogP contribution in [0, 0.1) is 18.3 Å². The van der Waals surface area contributed by atoms with Gasteiger partial charge in [0.25, 0.3) is 5.91 Å². The van der Waals surface area contributed by atoms with E-state index in [1.165, 1.54) is 11.3 Å². The summed E-state index contributed by atoms with van der Waals surface area (Å²) >= 11 is 0. The molecule has 0 unspecified atom stereocenters. The van der Waals surface area contributed by atoms with E-state index in [2.05, 4.69) is 63.8 Å². The number of benzene rings is 1. The molecule has 2 heterocycles. The molecule has 5 heteroatoms. The Labute approximate surface area is 174 Å². The van der Waals surface area contributed by atoms with Crippen molar-refractivity contribution in [2.75, 3.05) is 31.2 Å². The van der Waals surface area contributed by atoms with E-state index in [0.29, 0.717) is 32.3 Å². The standard InChI is InChI=1S/C24H31N3O2/c1-16(2)27-22-11-17(3)19(13-21(22)18(4)14-24(27,5)6)12-20(15-25)23(28)26-7-9-29-10-8-26/h11-14,16H,7-10H2,1-6H3/b20-12-. The fraction of sp³-hybridized carbons (Fsp3) is 0.500. The highest BCUT2D eigenvalue weighted by Gasteiger charge is 2.33. The molecule has 0 bridgehead atoms. The van der Waals surface area contributed by atoms with Gasteiger partial charge >= 0.3 is 0 Å². The Balaban J connectivity index is 2.04. The van der Waals surface area contributed by atoms with Gasteiger partial charge in [-0.15, -0.1) is 0 Å². The van der Waals surface area contributed by atoms with Gasteiger partial charge in [0, 0.05) is 30.4 Å². The van der Waals surface area contributed by atoms with Gasteiger partial charge in [0.15, 0.2) is 0 Å². The fourth-order valence-electron chi connectivity index (χ4n) is 4.55. The van der Waals surface area contributed by atoms with Crippen LogP contribution in [0.25, 0.3) is 11.6 Å². The molecule has 0 radical (unpaired) electrons. The van der Waals surface area contributed by atoms with Gasteiger partial charge < -0.3 is 14.5 Å². The molecule has 0 aliphatic carbocycles. The minimum Gasteiger partial charge on any atom is -0.378 e. The summed E-state index contributed by atoms with van der Waals surface area (Å²) < 4.78 is 5.31. The quantitative estimate of drug-likeness (QED) is 0.571. The monoisotopic (exact) mass is 393 g/mol. The van der Waals surface area contributed by atoms with Gasteiger partial charge in [-0.05, 0) is 76.5 Å². The van der Waals surface area contributed by atoms with Crippen molar-refractivity contribution >= 4 is 23.2 Å². The zero-order valence-electron chi connectivity index (χ0n) is 18.4. The fourth-order valence-corrected chi connectivity index (χ4v) is 4.55. The largest absolute Gasteiger partial charge is 0.378 e. The lowest BCUT2D eigenvalue weighted by Crippen LogP contribution is -2.49. The van der Waals surface area contributed by atoms with Crippen LogP contribution in [0.2, 0.25) is 0 Å². The van der Waals surface area contributed by atoms with Crippen molar-refractivity contribution in [3.05, 3.63) is 40.5 Å². The summed E-state index contributed by atoms with van der Waals surface area (Å²) in [7, 11) is 0. The number of morpholine rings is 1. The third-order valence-corrected chi connectivity index (χ3v) is 5.72.